The van der Waals surface area contributed by atoms with Crippen molar-refractivity contribution in [1.29, 1.82) is 0 Å². The largest absolute Gasteiger partial charge is 0.375 e. The van der Waals surface area contributed by atoms with Crippen LogP contribution in [0.2, 0.25) is 0 Å². The molecule has 0 atom stereocenters. The number of rotatable bonds is 3. The zero-order chi connectivity index (χ0) is 9.12. The van der Waals surface area contributed by atoms with Gasteiger partial charge in [-0.1, -0.05) is 0 Å². The fraction of sp³-hybridized carbons (Fsp3) is 0.800. The van der Waals surface area contributed by atoms with Crippen LogP contribution in [0, 0.1) is 13.8 Å². The van der Waals surface area contributed by atoms with Crippen molar-refractivity contribution < 1.29 is 37.4 Å². The van der Waals surface area contributed by atoms with E-state index in [2.05, 4.69) is 41.5 Å². The molecule has 0 rings (SSSR count). The first-order valence-electron chi connectivity index (χ1n) is 4.12. The molecule has 0 unspecified atom stereocenters. The fourth-order valence-electron chi connectivity index (χ4n) is 0.966. The Morgan fingerprint density at radius 2 is 1.33 bits per heavy atom. The molecule has 0 bridgehead atoms. The van der Waals surface area contributed by atoms with E-state index in [1.807, 2.05) is 0 Å². The Bertz CT molecular complexity index is 111. The van der Waals surface area contributed by atoms with E-state index in [1.54, 1.807) is 0 Å². The third kappa shape index (κ3) is 6.57. The topological polar surface area (TPSA) is 9.23 Å². The van der Waals surface area contributed by atoms with Gasteiger partial charge < -0.3 is 18.6 Å². The molecule has 0 saturated heterocycles. The molecule has 0 N–H and O–H groups in total. The van der Waals surface area contributed by atoms with Gasteiger partial charge in [0, 0.05) is 38.3 Å². The van der Waals surface area contributed by atoms with Crippen molar-refractivity contribution in [2.24, 2.45) is 0 Å². The van der Waals surface area contributed by atoms with Crippen LogP contribution in [0.15, 0.2) is 0 Å². The predicted molar refractivity (Wildman–Crippen MR) is 49.2 cm³/mol. The van der Waals surface area contributed by atoms with Crippen LogP contribution in [0.1, 0.15) is 40.5 Å². The first-order chi connectivity index (χ1) is 4.83. The average molecular weight is 245 g/mol. The van der Waals surface area contributed by atoms with Crippen molar-refractivity contribution in [1.82, 2.24) is 0 Å². The zero-order valence-electron chi connectivity index (χ0n) is 8.81. The summed E-state index contributed by atoms with van der Waals surface area (Å²) in [5.74, 6) is 0. The molecular weight excluding hydrogens is 225 g/mol. The second kappa shape index (κ2) is 5.72. The molecule has 12 heavy (non-hydrogen) atoms. The molecule has 0 aliphatic rings. The van der Waals surface area contributed by atoms with Crippen LogP contribution in [0.3, 0.4) is 0 Å². The van der Waals surface area contributed by atoms with Gasteiger partial charge in [0.25, 0.3) is 0 Å². The average Bonchev–Trinajstić information content (AvgIpc) is 1.84. The third-order valence-corrected chi connectivity index (χ3v) is 1.61. The van der Waals surface area contributed by atoms with Gasteiger partial charge in [-0.15, -0.1) is 0 Å². The Hall–Kier alpha value is 1.06. The fourth-order valence-corrected chi connectivity index (χ4v) is 0.966. The maximum atomic E-state index is 5.80. The normalized spacial score (nSPS) is 12.5. The summed E-state index contributed by atoms with van der Waals surface area (Å²) in [7, 11) is 0. The summed E-state index contributed by atoms with van der Waals surface area (Å²) in [6.07, 6.45) is 1.54. The summed E-state index contributed by atoms with van der Waals surface area (Å²) in [6.45, 7) is 15.9. The van der Waals surface area contributed by atoms with Gasteiger partial charge >= 0.3 is 0 Å². The van der Waals surface area contributed by atoms with Crippen LogP contribution in [0.4, 0.5) is 0 Å². The summed E-state index contributed by atoms with van der Waals surface area (Å²) < 4.78 is 5.80. The van der Waals surface area contributed by atoms with Crippen molar-refractivity contribution in [2.45, 2.75) is 51.7 Å². The summed E-state index contributed by atoms with van der Waals surface area (Å²) in [6, 6.07) is 0. The second-order valence-corrected chi connectivity index (χ2v) is 4.16. The van der Waals surface area contributed by atoms with Gasteiger partial charge in [0.2, 0.25) is 0 Å². The second-order valence-electron chi connectivity index (χ2n) is 4.16. The molecular formula is C10H20OY-2. The Kier molecular flexibility index (Phi) is 7.41. The van der Waals surface area contributed by atoms with Crippen LogP contribution in [-0.2, 0) is 37.4 Å². The van der Waals surface area contributed by atoms with Gasteiger partial charge in [-0.25, -0.2) is 0 Å². The first kappa shape index (κ1) is 15.5. The van der Waals surface area contributed by atoms with Crippen molar-refractivity contribution in [3.05, 3.63) is 13.8 Å². The van der Waals surface area contributed by atoms with Gasteiger partial charge in [-0.3, -0.25) is 0 Å². The Morgan fingerprint density at radius 3 is 1.42 bits per heavy atom. The predicted octanol–water partition coefficient (Wildman–Crippen LogP) is 3.01. The van der Waals surface area contributed by atoms with Crippen LogP contribution >= 0.6 is 0 Å². The van der Waals surface area contributed by atoms with Crippen LogP contribution in [0.5, 0.6) is 0 Å². The zero-order valence-corrected chi connectivity index (χ0v) is 11.7. The smallest absolute Gasteiger partial charge is 0.0603 e. The standard InChI is InChI=1S/C10H20O.Y/c1-7-10(6,8-2)11-9(3,4)5;/h1-2,7-8H2,3-6H3;/q-2;. The van der Waals surface area contributed by atoms with Crippen LogP contribution < -0.4 is 0 Å². The quantitative estimate of drug-likeness (QED) is 0.694. The van der Waals surface area contributed by atoms with E-state index in [1.165, 1.54) is 0 Å². The molecule has 0 saturated carbocycles. The van der Waals surface area contributed by atoms with E-state index in [0.717, 1.165) is 12.8 Å². The SMILES string of the molecule is [CH2-]CC(C)(C[CH2-])OC(C)(C)C.[Y]. The summed E-state index contributed by atoms with van der Waals surface area (Å²) in [5.41, 5.74) is -0.248. The van der Waals surface area contributed by atoms with Crippen molar-refractivity contribution in [2.75, 3.05) is 0 Å². The monoisotopic (exact) mass is 245 g/mol. The molecule has 0 amide bonds. The van der Waals surface area contributed by atoms with Crippen LogP contribution in [0.25, 0.3) is 0 Å². The molecule has 0 aromatic heterocycles. The first-order valence-corrected chi connectivity index (χ1v) is 4.12. The molecule has 0 heterocycles. The molecule has 71 valence electrons. The van der Waals surface area contributed by atoms with Gasteiger partial charge in [0.1, 0.15) is 0 Å². The molecule has 0 aliphatic carbocycles. The molecule has 0 fully saturated rings. The van der Waals surface area contributed by atoms with Gasteiger partial charge in [0.05, 0.1) is 5.60 Å². The van der Waals surface area contributed by atoms with E-state index in [0.29, 0.717) is 0 Å². The summed E-state index contributed by atoms with van der Waals surface area (Å²) >= 11 is 0. The molecule has 1 radical (unpaired) electrons. The molecule has 0 aromatic rings. The third-order valence-electron chi connectivity index (χ3n) is 1.61. The molecule has 0 aromatic carbocycles. The minimum absolute atomic E-state index is 0. The maximum Gasteiger partial charge on any atom is 0.0603 e. The van der Waals surface area contributed by atoms with E-state index >= 15 is 0 Å². The number of ether oxygens (including phenoxy) is 1. The summed E-state index contributed by atoms with van der Waals surface area (Å²) in [5, 5.41) is 0. The molecule has 2 heteroatoms. The van der Waals surface area contributed by atoms with Crippen molar-refractivity contribution in [3.8, 4) is 0 Å². The van der Waals surface area contributed by atoms with Gasteiger partial charge in [-0.2, -0.15) is 12.8 Å². The van der Waals surface area contributed by atoms with Gasteiger partial charge in [0.15, 0.2) is 0 Å². The Labute approximate surface area is 103 Å². The Balaban J connectivity index is 0. The number of hydrogen-bond acceptors (Lipinski definition) is 1. The molecule has 0 aliphatic heterocycles. The molecule has 1 nitrogen and oxygen atoms in total. The van der Waals surface area contributed by atoms with E-state index in [9.17, 15) is 0 Å². The minimum Gasteiger partial charge on any atom is -0.375 e. The van der Waals surface area contributed by atoms with Gasteiger partial charge in [-0.05, 0) is 27.7 Å². The van der Waals surface area contributed by atoms with Crippen molar-refractivity contribution in [3.63, 3.8) is 0 Å². The van der Waals surface area contributed by atoms with E-state index in [4.69, 9.17) is 4.74 Å². The maximum absolute atomic E-state index is 5.80. The minimum atomic E-state index is -0.155. The molecule has 0 spiro atoms. The van der Waals surface area contributed by atoms with E-state index in [-0.39, 0.29) is 43.9 Å². The van der Waals surface area contributed by atoms with Crippen molar-refractivity contribution >= 4 is 0 Å². The van der Waals surface area contributed by atoms with Crippen LogP contribution in [-0.4, -0.2) is 11.2 Å². The number of hydrogen-bond donors (Lipinski definition) is 0. The summed E-state index contributed by atoms with van der Waals surface area (Å²) in [4.78, 5) is 0. The Morgan fingerprint density at radius 1 is 1.00 bits per heavy atom. The van der Waals surface area contributed by atoms with E-state index < -0.39 is 0 Å².